The fourth-order valence-corrected chi connectivity index (χ4v) is 6.47. The molecule has 10 nitrogen and oxygen atoms in total. The minimum absolute atomic E-state index is 0.0834. The summed E-state index contributed by atoms with van der Waals surface area (Å²) in [6.07, 6.45) is 2.89. The number of nitrogens with two attached hydrogens (primary N) is 1. The van der Waals surface area contributed by atoms with E-state index in [0.29, 0.717) is 39.5 Å². The van der Waals surface area contributed by atoms with Crippen LogP contribution in [0.4, 0.5) is 10.5 Å². The van der Waals surface area contributed by atoms with Crippen molar-refractivity contribution in [3.63, 3.8) is 0 Å². The van der Waals surface area contributed by atoms with Crippen molar-refractivity contribution in [1.82, 2.24) is 4.90 Å². The zero-order valence-electron chi connectivity index (χ0n) is 29.3. The van der Waals surface area contributed by atoms with E-state index in [1.165, 1.54) is 5.56 Å². The van der Waals surface area contributed by atoms with Gasteiger partial charge in [-0.15, -0.1) is 0 Å². The molecule has 3 aromatic rings. The highest BCUT2D eigenvalue weighted by Crippen LogP contribution is 2.34. The summed E-state index contributed by atoms with van der Waals surface area (Å²) in [4.78, 5) is 28.6. The van der Waals surface area contributed by atoms with Crippen LogP contribution in [-0.2, 0) is 38.6 Å². The Kier molecular flexibility index (Phi) is 12.4. The van der Waals surface area contributed by atoms with Crippen LogP contribution in [0.25, 0.3) is 0 Å². The molecule has 2 aliphatic rings. The standard InChI is InChI=1S/C39H51N3O7/c1-39(2,3)49-38(44)42-20-18-33(36(24-42)48-26-28-12-13-30-10-7-19-41(25-37(40)43)34(30)23-28)29-14-16-32(17-15-29)47-22-8-21-46-27-31-9-5-6-11-35(31)45-4/h5-6,9,11-17,23,33,36H,7-8,10,18-22,24-27H2,1-4H3,(H2,40,43). The first kappa shape index (κ1) is 36.0. The third kappa shape index (κ3) is 10.4. The number of rotatable bonds is 14. The number of ether oxygens (including phenoxy) is 5. The predicted molar refractivity (Wildman–Crippen MR) is 189 cm³/mol. The van der Waals surface area contributed by atoms with Gasteiger partial charge < -0.3 is 39.2 Å². The molecular weight excluding hydrogens is 622 g/mol. The Labute approximate surface area is 290 Å². The average molecular weight is 674 g/mol. The number of carbonyl (C=O) groups excluding carboxylic acids is 2. The summed E-state index contributed by atoms with van der Waals surface area (Å²) in [6, 6.07) is 22.4. The Morgan fingerprint density at radius 3 is 2.51 bits per heavy atom. The van der Waals surface area contributed by atoms with Crippen LogP contribution >= 0.6 is 0 Å². The maximum Gasteiger partial charge on any atom is 0.410 e. The number of primary amides is 1. The number of fused-ring (bicyclic) bond motifs is 1. The number of nitrogens with zero attached hydrogens (tertiary/aromatic N) is 2. The smallest absolute Gasteiger partial charge is 0.410 e. The lowest BCUT2D eigenvalue weighted by molar-refractivity contribution is -0.116. The number of para-hydroxylation sites is 1. The Balaban J connectivity index is 1.19. The number of likely N-dealkylation sites (tertiary alicyclic amines) is 1. The van der Waals surface area contributed by atoms with E-state index in [1.54, 1.807) is 12.0 Å². The molecule has 0 spiro atoms. The summed E-state index contributed by atoms with van der Waals surface area (Å²) < 4.78 is 29.6. The molecule has 2 aliphatic heterocycles. The van der Waals surface area contributed by atoms with Crippen molar-refractivity contribution in [3.05, 3.63) is 89.0 Å². The fraction of sp³-hybridized carbons (Fsp3) is 0.487. The molecule has 2 N–H and O–H groups in total. The summed E-state index contributed by atoms with van der Waals surface area (Å²) >= 11 is 0. The fourth-order valence-electron chi connectivity index (χ4n) is 6.47. The SMILES string of the molecule is COc1ccccc1COCCCOc1ccc(C2CCN(C(=O)OC(C)(C)C)CC2OCc2ccc3c(c2)N(CC(N)=O)CCC3)cc1. The Hall–Kier alpha value is -4.28. The molecule has 0 aliphatic carbocycles. The number of aryl methyl sites for hydroxylation is 1. The monoisotopic (exact) mass is 673 g/mol. The molecular formula is C39H51N3O7. The first-order valence-corrected chi connectivity index (χ1v) is 17.3. The summed E-state index contributed by atoms with van der Waals surface area (Å²) in [5.74, 6) is 1.37. The van der Waals surface area contributed by atoms with Gasteiger partial charge in [0.05, 0.1) is 52.7 Å². The minimum atomic E-state index is -0.582. The summed E-state index contributed by atoms with van der Waals surface area (Å²) in [6.45, 7) is 9.63. The molecule has 264 valence electrons. The van der Waals surface area contributed by atoms with Gasteiger partial charge in [0.2, 0.25) is 5.91 Å². The number of piperidine rings is 1. The van der Waals surface area contributed by atoms with Gasteiger partial charge >= 0.3 is 6.09 Å². The summed E-state index contributed by atoms with van der Waals surface area (Å²) in [5, 5.41) is 0. The minimum Gasteiger partial charge on any atom is -0.496 e. The molecule has 0 bridgehead atoms. The summed E-state index contributed by atoms with van der Waals surface area (Å²) in [5.41, 5.74) is 10.4. The van der Waals surface area contributed by atoms with Crippen LogP contribution in [0.2, 0.25) is 0 Å². The molecule has 2 amide bonds. The van der Waals surface area contributed by atoms with Crippen LogP contribution in [0.1, 0.15) is 68.2 Å². The normalized spacial score (nSPS) is 17.7. The first-order chi connectivity index (χ1) is 23.6. The molecule has 2 heterocycles. The first-order valence-electron chi connectivity index (χ1n) is 17.3. The largest absolute Gasteiger partial charge is 0.496 e. The van der Waals surface area contributed by atoms with E-state index in [-0.39, 0.29) is 30.6 Å². The van der Waals surface area contributed by atoms with Gasteiger partial charge in [-0.1, -0.05) is 42.5 Å². The number of carbonyl (C=O) groups is 2. The predicted octanol–water partition coefficient (Wildman–Crippen LogP) is 6.23. The van der Waals surface area contributed by atoms with Crippen molar-refractivity contribution in [3.8, 4) is 11.5 Å². The molecule has 2 atom stereocenters. The van der Waals surface area contributed by atoms with Crippen molar-refractivity contribution in [1.29, 1.82) is 0 Å². The van der Waals surface area contributed by atoms with Crippen LogP contribution < -0.4 is 20.1 Å². The molecule has 2 unspecified atom stereocenters. The van der Waals surface area contributed by atoms with Gasteiger partial charge in [0, 0.05) is 36.7 Å². The summed E-state index contributed by atoms with van der Waals surface area (Å²) in [7, 11) is 1.66. The molecule has 1 fully saturated rings. The lowest BCUT2D eigenvalue weighted by Crippen LogP contribution is -2.48. The van der Waals surface area contributed by atoms with Crippen molar-refractivity contribution in [2.45, 2.75) is 77.3 Å². The molecule has 5 rings (SSSR count). The number of hydrogen-bond acceptors (Lipinski definition) is 8. The topological polar surface area (TPSA) is 113 Å². The van der Waals surface area contributed by atoms with Crippen LogP contribution in [0.3, 0.4) is 0 Å². The van der Waals surface area contributed by atoms with Crippen LogP contribution in [0, 0.1) is 0 Å². The third-order valence-electron chi connectivity index (χ3n) is 8.85. The second-order valence-corrected chi connectivity index (χ2v) is 13.8. The van der Waals surface area contributed by atoms with E-state index in [9.17, 15) is 9.59 Å². The van der Waals surface area contributed by atoms with E-state index in [4.69, 9.17) is 29.4 Å². The maximum atomic E-state index is 13.0. The van der Waals surface area contributed by atoms with E-state index in [1.807, 2.05) is 57.2 Å². The van der Waals surface area contributed by atoms with Crippen LogP contribution in [0.5, 0.6) is 11.5 Å². The Bertz CT molecular complexity index is 1540. The van der Waals surface area contributed by atoms with Gasteiger partial charge in [-0.3, -0.25) is 4.79 Å². The zero-order valence-corrected chi connectivity index (χ0v) is 29.3. The Morgan fingerprint density at radius 1 is 0.959 bits per heavy atom. The van der Waals surface area contributed by atoms with Gasteiger partial charge in [-0.25, -0.2) is 4.79 Å². The van der Waals surface area contributed by atoms with Gasteiger partial charge in [-0.2, -0.15) is 0 Å². The van der Waals surface area contributed by atoms with Crippen LogP contribution in [-0.4, -0.2) is 75.1 Å². The maximum absolute atomic E-state index is 13.0. The third-order valence-corrected chi connectivity index (χ3v) is 8.85. The van der Waals surface area contributed by atoms with Gasteiger partial charge in [-0.05, 0) is 81.0 Å². The second kappa shape index (κ2) is 16.9. The lowest BCUT2D eigenvalue weighted by atomic mass is 9.87. The highest BCUT2D eigenvalue weighted by atomic mass is 16.6. The second-order valence-electron chi connectivity index (χ2n) is 13.8. The van der Waals surface area contributed by atoms with Crippen LogP contribution in [0.15, 0.2) is 66.7 Å². The zero-order chi connectivity index (χ0) is 34.8. The van der Waals surface area contributed by atoms with Gasteiger partial charge in [0.1, 0.15) is 17.1 Å². The average Bonchev–Trinajstić information content (AvgIpc) is 3.08. The molecule has 1 saturated heterocycles. The van der Waals surface area contributed by atoms with Crippen molar-refractivity contribution in [2.75, 3.05) is 51.4 Å². The van der Waals surface area contributed by atoms with Crippen molar-refractivity contribution >= 4 is 17.7 Å². The van der Waals surface area contributed by atoms with Gasteiger partial charge in [0.15, 0.2) is 0 Å². The highest BCUT2D eigenvalue weighted by molar-refractivity contribution is 5.80. The van der Waals surface area contributed by atoms with Crippen molar-refractivity contribution in [2.24, 2.45) is 5.73 Å². The quantitative estimate of drug-likeness (QED) is 0.201. The number of methoxy groups -OCH3 is 1. The van der Waals surface area contributed by atoms with E-state index >= 15 is 0 Å². The molecule has 0 aromatic heterocycles. The van der Waals surface area contributed by atoms with E-state index < -0.39 is 5.60 Å². The number of amides is 2. The van der Waals surface area contributed by atoms with E-state index in [2.05, 4.69) is 35.2 Å². The number of benzene rings is 3. The molecule has 10 heteroatoms. The molecule has 0 saturated carbocycles. The highest BCUT2D eigenvalue weighted by Gasteiger charge is 2.35. The molecule has 49 heavy (non-hydrogen) atoms. The van der Waals surface area contributed by atoms with E-state index in [0.717, 1.165) is 66.1 Å². The molecule has 0 radical (unpaired) electrons. The lowest BCUT2D eigenvalue weighted by Gasteiger charge is -2.39. The number of hydrogen-bond donors (Lipinski definition) is 1. The number of anilines is 1. The Morgan fingerprint density at radius 2 is 1.76 bits per heavy atom. The van der Waals surface area contributed by atoms with Crippen molar-refractivity contribution < 1.29 is 33.3 Å². The molecule has 3 aromatic carbocycles. The van der Waals surface area contributed by atoms with Gasteiger partial charge in [0.25, 0.3) is 0 Å².